The van der Waals surface area contributed by atoms with Crippen LogP contribution in [-0.2, 0) is 6.42 Å². The van der Waals surface area contributed by atoms with Gasteiger partial charge in [-0.3, -0.25) is 4.79 Å². The predicted molar refractivity (Wildman–Crippen MR) is 74.8 cm³/mol. The van der Waals surface area contributed by atoms with Gasteiger partial charge in [0.2, 0.25) is 0 Å². The van der Waals surface area contributed by atoms with E-state index in [1.807, 2.05) is 26.8 Å². The van der Waals surface area contributed by atoms with Crippen molar-refractivity contribution in [2.75, 3.05) is 0 Å². The van der Waals surface area contributed by atoms with Gasteiger partial charge < -0.3 is 14.2 Å². The van der Waals surface area contributed by atoms with Gasteiger partial charge in [0.15, 0.2) is 0 Å². The summed E-state index contributed by atoms with van der Waals surface area (Å²) in [7, 11) is 0. The predicted octanol–water partition coefficient (Wildman–Crippen LogP) is 3.61. The number of fused-ring (bicyclic) bond motifs is 1. The van der Waals surface area contributed by atoms with E-state index in [1.54, 1.807) is 6.26 Å². The molecule has 0 saturated carbocycles. The summed E-state index contributed by atoms with van der Waals surface area (Å²) < 4.78 is 11.0. The fourth-order valence-electron chi connectivity index (χ4n) is 2.99. The molecule has 0 unspecified atom stereocenters. The van der Waals surface area contributed by atoms with Crippen LogP contribution in [0.4, 0.5) is 0 Å². The van der Waals surface area contributed by atoms with Crippen LogP contribution in [0, 0.1) is 20.8 Å². The van der Waals surface area contributed by atoms with Crippen molar-refractivity contribution < 1.29 is 13.6 Å². The first-order chi connectivity index (χ1) is 9.58. The quantitative estimate of drug-likeness (QED) is 0.909. The molecule has 0 fully saturated rings. The molecule has 1 aliphatic carbocycles. The van der Waals surface area contributed by atoms with Gasteiger partial charge in [0, 0.05) is 17.5 Å². The summed E-state index contributed by atoms with van der Waals surface area (Å²) in [5.74, 6) is 2.43. The van der Waals surface area contributed by atoms with E-state index in [-0.39, 0.29) is 11.9 Å². The lowest BCUT2D eigenvalue weighted by atomic mass is 9.93. The number of amides is 1. The van der Waals surface area contributed by atoms with E-state index in [2.05, 4.69) is 5.32 Å². The van der Waals surface area contributed by atoms with E-state index in [0.717, 1.165) is 41.9 Å². The van der Waals surface area contributed by atoms with Crippen molar-refractivity contribution in [1.82, 2.24) is 5.32 Å². The highest BCUT2D eigenvalue weighted by molar-refractivity contribution is 5.97. The van der Waals surface area contributed by atoms with Crippen LogP contribution in [0.5, 0.6) is 0 Å². The van der Waals surface area contributed by atoms with Crippen molar-refractivity contribution in [2.45, 2.75) is 46.1 Å². The Morgan fingerprint density at radius 1 is 1.30 bits per heavy atom. The van der Waals surface area contributed by atoms with Gasteiger partial charge in [-0.25, -0.2) is 0 Å². The molecule has 4 nitrogen and oxygen atoms in total. The van der Waals surface area contributed by atoms with Gasteiger partial charge in [-0.1, -0.05) is 0 Å². The molecule has 106 valence electrons. The molecular formula is C16H19NO3. The lowest BCUT2D eigenvalue weighted by Crippen LogP contribution is -2.31. The first kappa shape index (κ1) is 13.0. The number of nitrogens with one attached hydrogen (secondary N) is 1. The fraction of sp³-hybridized carbons (Fsp3) is 0.438. The summed E-state index contributed by atoms with van der Waals surface area (Å²) in [6.07, 6.45) is 4.65. The number of hydrogen-bond acceptors (Lipinski definition) is 3. The Balaban J connectivity index is 1.84. The standard InChI is InChI=1S/C16H19NO3/c1-9-10(2)20-11(3)15(9)16(18)17-13-5-4-6-14-12(13)7-8-19-14/h7-8,13H,4-6H2,1-3H3,(H,17,18)/t13-/m1/s1. The molecule has 0 aromatic carbocycles. The minimum atomic E-state index is -0.0594. The van der Waals surface area contributed by atoms with Gasteiger partial charge in [-0.15, -0.1) is 0 Å². The van der Waals surface area contributed by atoms with E-state index in [4.69, 9.17) is 8.83 Å². The molecule has 2 aromatic rings. The van der Waals surface area contributed by atoms with Crippen LogP contribution in [0.3, 0.4) is 0 Å². The van der Waals surface area contributed by atoms with Crippen molar-refractivity contribution in [3.05, 3.63) is 46.3 Å². The molecule has 0 radical (unpaired) electrons. The third kappa shape index (κ3) is 2.05. The van der Waals surface area contributed by atoms with Gasteiger partial charge in [0.1, 0.15) is 17.3 Å². The van der Waals surface area contributed by atoms with E-state index in [1.165, 1.54) is 0 Å². The first-order valence-electron chi connectivity index (χ1n) is 7.01. The maximum Gasteiger partial charge on any atom is 0.255 e. The number of rotatable bonds is 2. The Morgan fingerprint density at radius 3 is 2.80 bits per heavy atom. The minimum absolute atomic E-state index is 0.0407. The summed E-state index contributed by atoms with van der Waals surface area (Å²) in [5, 5.41) is 3.11. The van der Waals surface area contributed by atoms with Crippen molar-refractivity contribution in [1.29, 1.82) is 0 Å². The van der Waals surface area contributed by atoms with Crippen LogP contribution < -0.4 is 5.32 Å². The van der Waals surface area contributed by atoms with Gasteiger partial charge in [0.25, 0.3) is 5.91 Å². The molecular weight excluding hydrogens is 254 g/mol. The highest BCUT2D eigenvalue weighted by Crippen LogP contribution is 2.31. The zero-order valence-electron chi connectivity index (χ0n) is 12.1. The highest BCUT2D eigenvalue weighted by atomic mass is 16.3. The smallest absolute Gasteiger partial charge is 0.255 e. The highest BCUT2D eigenvalue weighted by Gasteiger charge is 2.26. The Kier molecular flexibility index (Phi) is 3.16. The topological polar surface area (TPSA) is 55.4 Å². The van der Waals surface area contributed by atoms with Crippen LogP contribution in [0.1, 0.15) is 57.6 Å². The molecule has 1 atom stereocenters. The maximum atomic E-state index is 12.5. The largest absolute Gasteiger partial charge is 0.469 e. The average Bonchev–Trinajstić information content (AvgIpc) is 2.96. The van der Waals surface area contributed by atoms with E-state index >= 15 is 0 Å². The number of carbonyl (C=O) groups is 1. The molecule has 2 heterocycles. The Labute approximate surface area is 118 Å². The first-order valence-corrected chi connectivity index (χ1v) is 7.01. The number of aryl methyl sites for hydroxylation is 3. The van der Waals surface area contributed by atoms with Gasteiger partial charge >= 0.3 is 0 Å². The van der Waals surface area contributed by atoms with Crippen molar-refractivity contribution in [3.63, 3.8) is 0 Å². The summed E-state index contributed by atoms with van der Waals surface area (Å²) in [6.45, 7) is 5.64. The van der Waals surface area contributed by atoms with Crippen LogP contribution in [-0.4, -0.2) is 5.91 Å². The van der Waals surface area contributed by atoms with Crippen molar-refractivity contribution >= 4 is 5.91 Å². The fourth-order valence-corrected chi connectivity index (χ4v) is 2.99. The molecule has 4 heteroatoms. The lowest BCUT2D eigenvalue weighted by molar-refractivity contribution is 0.0930. The third-order valence-electron chi connectivity index (χ3n) is 4.15. The zero-order chi connectivity index (χ0) is 14.3. The Hall–Kier alpha value is -1.97. The molecule has 0 spiro atoms. The van der Waals surface area contributed by atoms with Gasteiger partial charge in [0.05, 0.1) is 17.9 Å². The van der Waals surface area contributed by atoms with Gasteiger partial charge in [-0.2, -0.15) is 0 Å². The van der Waals surface area contributed by atoms with E-state index in [0.29, 0.717) is 11.3 Å². The SMILES string of the molecule is Cc1oc(C)c(C(=O)N[C@@H]2CCCc3occc32)c1C. The van der Waals surface area contributed by atoms with E-state index in [9.17, 15) is 4.79 Å². The molecule has 1 N–H and O–H groups in total. The molecule has 1 amide bonds. The van der Waals surface area contributed by atoms with Crippen LogP contribution in [0.25, 0.3) is 0 Å². The zero-order valence-corrected chi connectivity index (χ0v) is 12.1. The molecule has 0 bridgehead atoms. The van der Waals surface area contributed by atoms with Crippen LogP contribution >= 0.6 is 0 Å². The van der Waals surface area contributed by atoms with Crippen molar-refractivity contribution in [3.8, 4) is 0 Å². The second kappa shape index (κ2) is 4.85. The number of carbonyl (C=O) groups excluding carboxylic acids is 1. The Morgan fingerprint density at radius 2 is 2.10 bits per heavy atom. The third-order valence-corrected chi connectivity index (χ3v) is 4.15. The van der Waals surface area contributed by atoms with Crippen LogP contribution in [0.2, 0.25) is 0 Å². The molecule has 0 saturated heterocycles. The number of furan rings is 2. The molecule has 1 aliphatic rings. The summed E-state index contributed by atoms with van der Waals surface area (Å²) in [5.41, 5.74) is 2.70. The second-order valence-corrected chi connectivity index (χ2v) is 5.43. The summed E-state index contributed by atoms with van der Waals surface area (Å²) in [6, 6.07) is 2.00. The molecule has 2 aromatic heterocycles. The number of hydrogen-bond donors (Lipinski definition) is 1. The maximum absolute atomic E-state index is 12.5. The monoisotopic (exact) mass is 273 g/mol. The summed E-state index contributed by atoms with van der Waals surface area (Å²) >= 11 is 0. The normalized spacial score (nSPS) is 17.9. The van der Waals surface area contributed by atoms with Crippen molar-refractivity contribution in [2.24, 2.45) is 0 Å². The van der Waals surface area contributed by atoms with Gasteiger partial charge in [-0.05, 0) is 39.7 Å². The molecule has 3 rings (SSSR count). The molecule has 0 aliphatic heterocycles. The van der Waals surface area contributed by atoms with E-state index < -0.39 is 0 Å². The molecule has 20 heavy (non-hydrogen) atoms. The lowest BCUT2D eigenvalue weighted by Gasteiger charge is -2.22. The minimum Gasteiger partial charge on any atom is -0.469 e. The summed E-state index contributed by atoms with van der Waals surface area (Å²) in [4.78, 5) is 12.5. The average molecular weight is 273 g/mol. The van der Waals surface area contributed by atoms with Crippen LogP contribution in [0.15, 0.2) is 21.2 Å². The Bertz CT molecular complexity index is 651. The second-order valence-electron chi connectivity index (χ2n) is 5.43.